The maximum absolute atomic E-state index is 12.4. The fraction of sp³-hybridized carbons (Fsp3) is 0.316. The highest BCUT2D eigenvalue weighted by molar-refractivity contribution is 5.94. The van der Waals surface area contributed by atoms with Crippen molar-refractivity contribution >= 4 is 5.91 Å². The molecule has 6 nitrogen and oxygen atoms in total. The Morgan fingerprint density at radius 2 is 1.52 bits per heavy atom. The number of carbonyl (C=O) groups is 1. The Labute approximate surface area is 147 Å². The van der Waals surface area contributed by atoms with Gasteiger partial charge in [-0.05, 0) is 42.8 Å². The molecule has 0 aliphatic rings. The summed E-state index contributed by atoms with van der Waals surface area (Å²) in [5, 5.41) is 2.88. The predicted molar refractivity (Wildman–Crippen MR) is 94.9 cm³/mol. The van der Waals surface area contributed by atoms with Crippen LogP contribution >= 0.6 is 0 Å². The molecular formula is C19H23NO5. The van der Waals surface area contributed by atoms with Crippen molar-refractivity contribution in [3.63, 3.8) is 0 Å². The van der Waals surface area contributed by atoms with E-state index >= 15 is 0 Å². The van der Waals surface area contributed by atoms with E-state index in [-0.39, 0.29) is 5.91 Å². The zero-order valence-electron chi connectivity index (χ0n) is 14.9. The Morgan fingerprint density at radius 1 is 0.880 bits per heavy atom. The molecule has 0 saturated heterocycles. The van der Waals surface area contributed by atoms with Crippen molar-refractivity contribution in [2.24, 2.45) is 0 Å². The van der Waals surface area contributed by atoms with Gasteiger partial charge in [-0.3, -0.25) is 4.79 Å². The van der Waals surface area contributed by atoms with E-state index in [1.807, 2.05) is 25.1 Å². The van der Waals surface area contributed by atoms with Crippen molar-refractivity contribution in [3.8, 4) is 23.0 Å². The van der Waals surface area contributed by atoms with Crippen molar-refractivity contribution in [1.82, 2.24) is 5.32 Å². The van der Waals surface area contributed by atoms with Crippen LogP contribution in [0.15, 0.2) is 36.4 Å². The van der Waals surface area contributed by atoms with E-state index in [2.05, 4.69) is 5.32 Å². The summed E-state index contributed by atoms with van der Waals surface area (Å²) in [5.74, 6) is 2.21. The van der Waals surface area contributed by atoms with Gasteiger partial charge in [0.15, 0.2) is 23.0 Å². The quantitative estimate of drug-likeness (QED) is 0.796. The highest BCUT2D eigenvalue weighted by Gasteiger charge is 2.11. The first-order chi connectivity index (χ1) is 12.1. The van der Waals surface area contributed by atoms with Crippen LogP contribution in [0.1, 0.15) is 22.8 Å². The third kappa shape index (κ3) is 4.56. The summed E-state index contributed by atoms with van der Waals surface area (Å²) in [5.41, 5.74) is 1.41. The molecule has 0 heterocycles. The summed E-state index contributed by atoms with van der Waals surface area (Å²) in [6.07, 6.45) is 0. The van der Waals surface area contributed by atoms with Crippen LogP contribution in [0.25, 0.3) is 0 Å². The molecule has 0 fully saturated rings. The van der Waals surface area contributed by atoms with Crippen molar-refractivity contribution < 1.29 is 23.7 Å². The molecule has 2 aromatic rings. The van der Waals surface area contributed by atoms with Crippen molar-refractivity contribution in [3.05, 3.63) is 47.5 Å². The van der Waals surface area contributed by atoms with Gasteiger partial charge in [-0.2, -0.15) is 0 Å². The SMILES string of the molecule is CCOc1cc(CNC(=O)c2ccc(OC)c(OC)c2)ccc1OC. The topological polar surface area (TPSA) is 66.0 Å². The second-order valence-corrected chi connectivity index (χ2v) is 5.17. The molecular weight excluding hydrogens is 322 g/mol. The number of hydrogen-bond donors (Lipinski definition) is 1. The first-order valence-electron chi connectivity index (χ1n) is 7.92. The molecule has 1 N–H and O–H groups in total. The molecule has 0 saturated carbocycles. The first kappa shape index (κ1) is 18.4. The van der Waals surface area contributed by atoms with E-state index in [0.717, 1.165) is 5.56 Å². The van der Waals surface area contributed by atoms with Gasteiger partial charge in [0, 0.05) is 12.1 Å². The predicted octanol–water partition coefficient (Wildman–Crippen LogP) is 3.04. The van der Waals surface area contributed by atoms with Crippen LogP contribution in [-0.2, 0) is 6.54 Å². The third-order valence-electron chi connectivity index (χ3n) is 3.63. The van der Waals surface area contributed by atoms with Gasteiger partial charge in [0.2, 0.25) is 0 Å². The maximum Gasteiger partial charge on any atom is 0.251 e. The van der Waals surface area contributed by atoms with Gasteiger partial charge < -0.3 is 24.3 Å². The van der Waals surface area contributed by atoms with Crippen molar-refractivity contribution in [2.45, 2.75) is 13.5 Å². The van der Waals surface area contributed by atoms with Crippen LogP contribution < -0.4 is 24.3 Å². The minimum atomic E-state index is -0.199. The van der Waals surface area contributed by atoms with Crippen LogP contribution in [0.3, 0.4) is 0 Å². The van der Waals surface area contributed by atoms with E-state index in [1.165, 1.54) is 7.11 Å². The molecule has 2 rings (SSSR count). The molecule has 0 radical (unpaired) electrons. The molecule has 0 spiro atoms. The van der Waals surface area contributed by atoms with Gasteiger partial charge in [0.1, 0.15) is 0 Å². The Morgan fingerprint density at radius 3 is 2.16 bits per heavy atom. The number of amides is 1. The summed E-state index contributed by atoms with van der Waals surface area (Å²) < 4.78 is 21.2. The Balaban J connectivity index is 2.08. The molecule has 0 atom stereocenters. The molecule has 6 heteroatoms. The van der Waals surface area contributed by atoms with E-state index < -0.39 is 0 Å². The molecule has 2 aromatic carbocycles. The minimum Gasteiger partial charge on any atom is -0.493 e. The number of benzene rings is 2. The highest BCUT2D eigenvalue weighted by atomic mass is 16.5. The van der Waals surface area contributed by atoms with E-state index in [0.29, 0.717) is 41.7 Å². The average Bonchev–Trinajstić information content (AvgIpc) is 2.65. The fourth-order valence-corrected chi connectivity index (χ4v) is 2.36. The molecule has 1 amide bonds. The first-order valence-corrected chi connectivity index (χ1v) is 7.92. The molecule has 0 aliphatic heterocycles. The Hall–Kier alpha value is -2.89. The smallest absolute Gasteiger partial charge is 0.251 e. The summed E-state index contributed by atoms with van der Waals surface area (Å²) in [4.78, 5) is 12.4. The number of rotatable bonds is 8. The lowest BCUT2D eigenvalue weighted by atomic mass is 10.1. The standard InChI is InChI=1S/C19H23NO5/c1-5-25-18-10-13(6-8-16(18)23-3)12-20-19(21)14-7-9-15(22-2)17(11-14)24-4/h6-11H,5,12H2,1-4H3,(H,20,21). The summed E-state index contributed by atoms with van der Waals surface area (Å²) in [7, 11) is 4.68. The fourth-order valence-electron chi connectivity index (χ4n) is 2.36. The van der Waals surface area contributed by atoms with E-state index in [1.54, 1.807) is 32.4 Å². The molecule has 134 valence electrons. The molecule has 0 aliphatic carbocycles. The van der Waals surface area contributed by atoms with Gasteiger partial charge >= 0.3 is 0 Å². The maximum atomic E-state index is 12.4. The number of ether oxygens (including phenoxy) is 4. The monoisotopic (exact) mass is 345 g/mol. The number of carbonyl (C=O) groups excluding carboxylic acids is 1. The largest absolute Gasteiger partial charge is 0.493 e. The molecule has 0 aromatic heterocycles. The molecule has 0 unspecified atom stereocenters. The van der Waals surface area contributed by atoms with Crippen molar-refractivity contribution in [2.75, 3.05) is 27.9 Å². The van der Waals surface area contributed by atoms with Crippen LogP contribution in [0.5, 0.6) is 23.0 Å². The lowest BCUT2D eigenvalue weighted by Crippen LogP contribution is -2.22. The van der Waals surface area contributed by atoms with Gasteiger partial charge in [-0.15, -0.1) is 0 Å². The van der Waals surface area contributed by atoms with Crippen molar-refractivity contribution in [1.29, 1.82) is 0 Å². The van der Waals surface area contributed by atoms with Crippen LogP contribution in [0, 0.1) is 0 Å². The molecule has 25 heavy (non-hydrogen) atoms. The van der Waals surface area contributed by atoms with E-state index in [4.69, 9.17) is 18.9 Å². The lowest BCUT2D eigenvalue weighted by Gasteiger charge is -2.12. The summed E-state index contributed by atoms with van der Waals surface area (Å²) in [6.45, 7) is 2.82. The van der Waals surface area contributed by atoms with Gasteiger partial charge in [0.25, 0.3) is 5.91 Å². The minimum absolute atomic E-state index is 0.199. The summed E-state index contributed by atoms with van der Waals surface area (Å²) in [6, 6.07) is 10.6. The normalized spacial score (nSPS) is 10.1. The second kappa shape index (κ2) is 8.82. The van der Waals surface area contributed by atoms with Crippen LogP contribution in [-0.4, -0.2) is 33.8 Å². The summed E-state index contributed by atoms with van der Waals surface area (Å²) >= 11 is 0. The van der Waals surface area contributed by atoms with Gasteiger partial charge in [0.05, 0.1) is 27.9 Å². The number of nitrogens with one attached hydrogen (secondary N) is 1. The van der Waals surface area contributed by atoms with Gasteiger partial charge in [-0.1, -0.05) is 6.07 Å². The van der Waals surface area contributed by atoms with Crippen LogP contribution in [0.2, 0.25) is 0 Å². The zero-order chi connectivity index (χ0) is 18.2. The second-order valence-electron chi connectivity index (χ2n) is 5.17. The number of methoxy groups -OCH3 is 3. The number of hydrogen-bond acceptors (Lipinski definition) is 5. The average molecular weight is 345 g/mol. The van der Waals surface area contributed by atoms with Crippen LogP contribution in [0.4, 0.5) is 0 Å². The van der Waals surface area contributed by atoms with E-state index in [9.17, 15) is 4.79 Å². The lowest BCUT2D eigenvalue weighted by molar-refractivity contribution is 0.0950. The zero-order valence-corrected chi connectivity index (χ0v) is 14.9. The third-order valence-corrected chi connectivity index (χ3v) is 3.63. The highest BCUT2D eigenvalue weighted by Crippen LogP contribution is 2.29. The molecule has 0 bridgehead atoms. The van der Waals surface area contributed by atoms with Gasteiger partial charge in [-0.25, -0.2) is 0 Å². The Bertz CT molecular complexity index is 730. The Kier molecular flexibility index (Phi) is 6.51.